The van der Waals surface area contributed by atoms with Gasteiger partial charge >= 0.3 is 0 Å². The molecule has 0 spiro atoms. The van der Waals surface area contributed by atoms with Gasteiger partial charge in [0.25, 0.3) is 5.91 Å². The summed E-state index contributed by atoms with van der Waals surface area (Å²) >= 11 is 0. The van der Waals surface area contributed by atoms with E-state index in [4.69, 9.17) is 4.74 Å². The molecule has 1 N–H and O–H groups in total. The molecule has 1 amide bonds. The Morgan fingerprint density at radius 3 is 3.00 bits per heavy atom. The van der Waals surface area contributed by atoms with Crippen molar-refractivity contribution in [3.05, 3.63) is 34.9 Å². The van der Waals surface area contributed by atoms with Crippen LogP contribution in [-0.4, -0.2) is 43.9 Å². The summed E-state index contributed by atoms with van der Waals surface area (Å²) in [6, 6.07) is 0. The van der Waals surface area contributed by atoms with Crippen LogP contribution >= 0.6 is 0 Å². The maximum atomic E-state index is 12.8. The number of aromatic amines is 1. The Bertz CT molecular complexity index is 676. The molecule has 0 saturated heterocycles. The van der Waals surface area contributed by atoms with E-state index in [2.05, 4.69) is 15.3 Å². The molecular formula is C15H21N5O2. The third-order valence-corrected chi connectivity index (χ3v) is 4.01. The predicted molar refractivity (Wildman–Crippen MR) is 80.3 cm³/mol. The van der Waals surface area contributed by atoms with Gasteiger partial charge in [-0.2, -0.15) is 10.2 Å². The highest BCUT2D eigenvalue weighted by atomic mass is 16.5. The van der Waals surface area contributed by atoms with Gasteiger partial charge in [-0.15, -0.1) is 0 Å². The minimum absolute atomic E-state index is 0.0289. The van der Waals surface area contributed by atoms with Gasteiger partial charge < -0.3 is 9.64 Å². The Hall–Kier alpha value is -2.15. The normalized spacial score (nSPS) is 20.7. The second kappa shape index (κ2) is 5.57. The first-order chi connectivity index (χ1) is 10.5. The molecule has 3 rings (SSSR count). The number of fused-ring (bicyclic) bond motifs is 1. The molecule has 3 heterocycles. The lowest BCUT2D eigenvalue weighted by Gasteiger charge is -2.25. The number of ether oxygens (including phenoxy) is 1. The van der Waals surface area contributed by atoms with Crippen LogP contribution in [0.4, 0.5) is 0 Å². The van der Waals surface area contributed by atoms with Crippen LogP contribution in [0, 0.1) is 0 Å². The fraction of sp³-hybridized carbons (Fsp3) is 0.533. The zero-order valence-corrected chi connectivity index (χ0v) is 13.3. The van der Waals surface area contributed by atoms with Gasteiger partial charge in [0, 0.05) is 44.4 Å². The van der Waals surface area contributed by atoms with E-state index in [1.807, 2.05) is 20.9 Å². The summed E-state index contributed by atoms with van der Waals surface area (Å²) < 4.78 is 7.47. The molecule has 2 aromatic rings. The van der Waals surface area contributed by atoms with E-state index in [-0.39, 0.29) is 18.1 Å². The summed E-state index contributed by atoms with van der Waals surface area (Å²) in [5.41, 5.74) is 3.51. The van der Waals surface area contributed by atoms with Crippen LogP contribution < -0.4 is 0 Å². The lowest BCUT2D eigenvalue weighted by atomic mass is 9.99. The molecule has 2 aromatic heterocycles. The SMILES string of the molecule is C[C@@H]1Cc2c(nn(C)c2C(=O)N(C)Cc2cn[nH]c2)[C@H](C)O1. The average Bonchev–Trinajstić information content (AvgIpc) is 3.05. The Kier molecular flexibility index (Phi) is 3.74. The predicted octanol–water partition coefficient (Wildman–Crippen LogP) is 1.44. The molecule has 118 valence electrons. The van der Waals surface area contributed by atoms with Gasteiger partial charge in [0.1, 0.15) is 5.69 Å². The monoisotopic (exact) mass is 303 g/mol. The number of carbonyl (C=O) groups is 1. The molecule has 1 aliphatic heterocycles. The van der Waals surface area contributed by atoms with Crippen molar-refractivity contribution >= 4 is 5.91 Å². The number of rotatable bonds is 3. The Labute approximate surface area is 129 Å². The minimum Gasteiger partial charge on any atom is -0.369 e. The molecule has 7 heteroatoms. The van der Waals surface area contributed by atoms with Crippen molar-refractivity contribution in [2.45, 2.75) is 39.0 Å². The van der Waals surface area contributed by atoms with E-state index in [1.54, 1.807) is 29.0 Å². The maximum absolute atomic E-state index is 12.8. The lowest BCUT2D eigenvalue weighted by molar-refractivity contribution is -0.00713. The standard InChI is InChI=1S/C15H21N5O2/c1-9-5-12-13(10(2)22-9)18-20(4)14(12)15(21)19(3)8-11-6-16-17-7-11/h6-7,9-10H,5,8H2,1-4H3,(H,16,17)/t9-,10+/m1/s1. The molecule has 22 heavy (non-hydrogen) atoms. The number of H-pyrrole nitrogens is 1. The molecule has 7 nitrogen and oxygen atoms in total. The van der Waals surface area contributed by atoms with E-state index in [0.29, 0.717) is 18.7 Å². The first kappa shape index (κ1) is 14.8. The summed E-state index contributed by atoms with van der Waals surface area (Å²) in [6.45, 7) is 4.51. The van der Waals surface area contributed by atoms with Gasteiger partial charge in [-0.25, -0.2) is 0 Å². The number of carbonyl (C=O) groups excluding carboxylic acids is 1. The second-order valence-corrected chi connectivity index (χ2v) is 5.90. The summed E-state index contributed by atoms with van der Waals surface area (Å²) in [4.78, 5) is 14.5. The lowest BCUT2D eigenvalue weighted by Crippen LogP contribution is -2.30. The number of nitrogens with zero attached hydrogens (tertiary/aromatic N) is 4. The fourth-order valence-electron chi connectivity index (χ4n) is 3.02. The number of aromatic nitrogens is 4. The van der Waals surface area contributed by atoms with Crippen molar-refractivity contribution in [2.24, 2.45) is 7.05 Å². The minimum atomic E-state index is -0.0781. The zero-order valence-electron chi connectivity index (χ0n) is 13.3. The van der Waals surface area contributed by atoms with Crippen LogP contribution in [-0.2, 0) is 24.8 Å². The molecular weight excluding hydrogens is 282 g/mol. The van der Waals surface area contributed by atoms with Gasteiger partial charge in [0.2, 0.25) is 0 Å². The number of nitrogens with one attached hydrogen (secondary N) is 1. The van der Waals surface area contributed by atoms with Crippen LogP contribution in [0.25, 0.3) is 0 Å². The second-order valence-electron chi connectivity index (χ2n) is 5.90. The van der Waals surface area contributed by atoms with Crippen molar-refractivity contribution in [2.75, 3.05) is 7.05 Å². The van der Waals surface area contributed by atoms with Gasteiger partial charge in [-0.05, 0) is 13.8 Å². The van der Waals surface area contributed by atoms with Crippen molar-refractivity contribution in [3.63, 3.8) is 0 Å². The van der Waals surface area contributed by atoms with Crippen LogP contribution in [0.1, 0.15) is 47.3 Å². The van der Waals surface area contributed by atoms with Crippen LogP contribution in [0.2, 0.25) is 0 Å². The fourth-order valence-corrected chi connectivity index (χ4v) is 3.02. The molecule has 2 atom stereocenters. The van der Waals surface area contributed by atoms with Crippen molar-refractivity contribution in [1.29, 1.82) is 0 Å². The first-order valence-electron chi connectivity index (χ1n) is 7.41. The number of hydrogen-bond donors (Lipinski definition) is 1. The quantitative estimate of drug-likeness (QED) is 0.931. The largest absolute Gasteiger partial charge is 0.369 e. The summed E-state index contributed by atoms with van der Waals surface area (Å²) in [6.07, 6.45) is 4.25. The third kappa shape index (κ3) is 2.52. The highest BCUT2D eigenvalue weighted by molar-refractivity contribution is 5.94. The number of hydrogen-bond acceptors (Lipinski definition) is 4. The van der Waals surface area contributed by atoms with E-state index in [1.165, 1.54) is 0 Å². The summed E-state index contributed by atoms with van der Waals surface area (Å²) in [5.74, 6) is -0.0289. The smallest absolute Gasteiger partial charge is 0.272 e. The highest BCUT2D eigenvalue weighted by Crippen LogP contribution is 2.31. The Balaban J connectivity index is 1.89. The molecule has 1 aliphatic rings. The van der Waals surface area contributed by atoms with Crippen molar-refractivity contribution in [3.8, 4) is 0 Å². The maximum Gasteiger partial charge on any atom is 0.272 e. The van der Waals surface area contributed by atoms with Gasteiger partial charge in [-0.3, -0.25) is 14.6 Å². The zero-order chi connectivity index (χ0) is 15.9. The number of aryl methyl sites for hydroxylation is 1. The van der Waals surface area contributed by atoms with Crippen LogP contribution in [0.5, 0.6) is 0 Å². The Morgan fingerprint density at radius 1 is 1.55 bits per heavy atom. The molecule has 0 unspecified atom stereocenters. The van der Waals surface area contributed by atoms with Crippen molar-refractivity contribution in [1.82, 2.24) is 24.9 Å². The van der Waals surface area contributed by atoms with Crippen LogP contribution in [0.3, 0.4) is 0 Å². The molecule has 0 saturated carbocycles. The van der Waals surface area contributed by atoms with Gasteiger partial charge in [0.05, 0.1) is 24.1 Å². The van der Waals surface area contributed by atoms with E-state index < -0.39 is 0 Å². The molecule has 0 bridgehead atoms. The third-order valence-electron chi connectivity index (χ3n) is 4.01. The first-order valence-corrected chi connectivity index (χ1v) is 7.41. The molecule has 0 aliphatic carbocycles. The van der Waals surface area contributed by atoms with Crippen LogP contribution in [0.15, 0.2) is 12.4 Å². The summed E-state index contributed by atoms with van der Waals surface area (Å²) in [5, 5.41) is 11.2. The summed E-state index contributed by atoms with van der Waals surface area (Å²) in [7, 11) is 3.61. The average molecular weight is 303 g/mol. The molecule has 0 radical (unpaired) electrons. The Morgan fingerprint density at radius 2 is 2.32 bits per heavy atom. The molecule has 0 aromatic carbocycles. The topological polar surface area (TPSA) is 76.0 Å². The number of amides is 1. The highest BCUT2D eigenvalue weighted by Gasteiger charge is 2.32. The van der Waals surface area contributed by atoms with Gasteiger partial charge in [-0.1, -0.05) is 0 Å². The van der Waals surface area contributed by atoms with E-state index in [0.717, 1.165) is 16.8 Å². The van der Waals surface area contributed by atoms with E-state index in [9.17, 15) is 4.79 Å². The molecule has 0 fully saturated rings. The van der Waals surface area contributed by atoms with Gasteiger partial charge in [0.15, 0.2) is 0 Å². The van der Waals surface area contributed by atoms with Crippen molar-refractivity contribution < 1.29 is 9.53 Å². The van der Waals surface area contributed by atoms with E-state index >= 15 is 0 Å².